The van der Waals surface area contributed by atoms with E-state index in [-0.39, 0.29) is 6.03 Å². The van der Waals surface area contributed by atoms with Crippen molar-refractivity contribution in [1.29, 1.82) is 0 Å². The average molecular weight is 296 g/mol. The van der Waals surface area contributed by atoms with Crippen LogP contribution in [0.5, 0.6) is 0 Å². The van der Waals surface area contributed by atoms with Crippen molar-refractivity contribution < 1.29 is 9.90 Å². The van der Waals surface area contributed by atoms with Crippen molar-refractivity contribution in [3.8, 4) is 0 Å². The van der Waals surface area contributed by atoms with Crippen LogP contribution in [0.3, 0.4) is 0 Å². The second-order valence-corrected chi connectivity index (χ2v) is 6.67. The zero-order valence-electron chi connectivity index (χ0n) is 12.0. The molecule has 0 aromatic carbocycles. The van der Waals surface area contributed by atoms with Crippen LogP contribution in [0.4, 0.5) is 4.79 Å². The van der Waals surface area contributed by atoms with Crippen LogP contribution in [0.2, 0.25) is 0 Å². The highest BCUT2D eigenvalue weighted by atomic mass is 32.1. The van der Waals surface area contributed by atoms with E-state index in [4.69, 9.17) is 0 Å². The summed E-state index contributed by atoms with van der Waals surface area (Å²) in [5.41, 5.74) is 0. The van der Waals surface area contributed by atoms with Gasteiger partial charge in [0.25, 0.3) is 0 Å². The summed E-state index contributed by atoms with van der Waals surface area (Å²) >= 11 is 1.61. The highest BCUT2D eigenvalue weighted by molar-refractivity contribution is 7.12. The standard InChI is InChI=1S/C15H24N2O2S/c1-11(18)14-8-7-13(20-14)9-10-16-15(19)17-12-5-3-2-4-6-12/h7-8,11-12,18H,2-6,9-10H2,1H3,(H2,16,17,19)/t11-/m1/s1. The third-order valence-corrected chi connectivity index (χ3v) is 5.01. The molecule has 0 unspecified atom stereocenters. The Hall–Kier alpha value is -1.07. The van der Waals surface area contributed by atoms with E-state index in [1.165, 1.54) is 24.1 Å². The molecular formula is C15H24N2O2S. The second kappa shape index (κ2) is 7.64. The van der Waals surface area contributed by atoms with Crippen LogP contribution in [0, 0.1) is 0 Å². The Morgan fingerprint density at radius 2 is 2.15 bits per heavy atom. The Morgan fingerprint density at radius 3 is 2.80 bits per heavy atom. The number of carbonyl (C=O) groups excluding carboxylic acids is 1. The second-order valence-electron chi connectivity index (χ2n) is 5.47. The number of carbonyl (C=O) groups is 1. The van der Waals surface area contributed by atoms with E-state index >= 15 is 0 Å². The molecule has 1 aromatic rings. The lowest BCUT2D eigenvalue weighted by Crippen LogP contribution is -2.43. The molecule has 0 bridgehead atoms. The minimum absolute atomic E-state index is 0.0517. The topological polar surface area (TPSA) is 61.4 Å². The Balaban J connectivity index is 1.65. The van der Waals surface area contributed by atoms with Crippen LogP contribution in [-0.4, -0.2) is 23.7 Å². The van der Waals surface area contributed by atoms with Gasteiger partial charge in [0.15, 0.2) is 0 Å². The number of hydrogen-bond donors (Lipinski definition) is 3. The molecule has 1 atom stereocenters. The fraction of sp³-hybridized carbons (Fsp3) is 0.667. The summed E-state index contributed by atoms with van der Waals surface area (Å²) < 4.78 is 0. The van der Waals surface area contributed by atoms with Crippen LogP contribution >= 0.6 is 11.3 Å². The number of aliphatic hydroxyl groups is 1. The number of thiophene rings is 1. The molecule has 3 N–H and O–H groups in total. The van der Waals surface area contributed by atoms with Crippen LogP contribution in [-0.2, 0) is 6.42 Å². The molecule has 1 fully saturated rings. The monoisotopic (exact) mass is 296 g/mol. The van der Waals surface area contributed by atoms with Gasteiger partial charge in [-0.05, 0) is 38.3 Å². The lowest BCUT2D eigenvalue weighted by Gasteiger charge is -2.22. The van der Waals surface area contributed by atoms with Gasteiger partial charge in [-0.15, -0.1) is 11.3 Å². The fourth-order valence-electron chi connectivity index (χ4n) is 2.54. The van der Waals surface area contributed by atoms with E-state index in [1.54, 1.807) is 18.3 Å². The third-order valence-electron chi connectivity index (χ3n) is 3.69. The first kappa shape index (κ1) is 15.3. The summed E-state index contributed by atoms with van der Waals surface area (Å²) in [5, 5.41) is 15.4. The van der Waals surface area contributed by atoms with Crippen LogP contribution < -0.4 is 10.6 Å². The van der Waals surface area contributed by atoms with Gasteiger partial charge in [0, 0.05) is 22.3 Å². The number of hydrogen-bond acceptors (Lipinski definition) is 3. The predicted molar refractivity (Wildman–Crippen MR) is 82.1 cm³/mol. The molecule has 2 amide bonds. The molecule has 5 heteroatoms. The third kappa shape index (κ3) is 4.80. The van der Waals surface area contributed by atoms with Crippen molar-refractivity contribution in [3.05, 3.63) is 21.9 Å². The van der Waals surface area contributed by atoms with Crippen molar-refractivity contribution >= 4 is 17.4 Å². The van der Waals surface area contributed by atoms with Gasteiger partial charge in [-0.3, -0.25) is 0 Å². The minimum atomic E-state index is -0.406. The van der Waals surface area contributed by atoms with Gasteiger partial charge in [0.1, 0.15) is 0 Å². The van der Waals surface area contributed by atoms with Crippen LogP contribution in [0.15, 0.2) is 12.1 Å². The normalized spacial score (nSPS) is 17.7. The summed E-state index contributed by atoms with van der Waals surface area (Å²) in [5.74, 6) is 0. The molecule has 112 valence electrons. The van der Waals surface area contributed by atoms with Gasteiger partial charge in [-0.25, -0.2) is 4.79 Å². The van der Waals surface area contributed by atoms with Gasteiger partial charge in [-0.1, -0.05) is 19.3 Å². The molecule has 4 nitrogen and oxygen atoms in total. The number of amides is 2. The van der Waals surface area contributed by atoms with Gasteiger partial charge in [-0.2, -0.15) is 0 Å². The zero-order chi connectivity index (χ0) is 14.4. The van der Waals surface area contributed by atoms with E-state index in [9.17, 15) is 9.90 Å². The summed E-state index contributed by atoms with van der Waals surface area (Å²) in [4.78, 5) is 13.9. The molecule has 2 rings (SSSR count). The first-order valence-corrected chi connectivity index (χ1v) is 8.28. The number of urea groups is 1. The zero-order valence-corrected chi connectivity index (χ0v) is 12.8. The molecular weight excluding hydrogens is 272 g/mol. The van der Waals surface area contributed by atoms with Gasteiger partial charge >= 0.3 is 6.03 Å². The summed E-state index contributed by atoms with van der Waals surface area (Å²) in [6.07, 6.45) is 6.37. The quantitative estimate of drug-likeness (QED) is 0.782. The number of aliphatic hydroxyl groups excluding tert-OH is 1. The fourth-order valence-corrected chi connectivity index (χ4v) is 3.49. The van der Waals surface area contributed by atoms with E-state index in [2.05, 4.69) is 10.6 Å². The van der Waals surface area contributed by atoms with Gasteiger partial charge in [0.2, 0.25) is 0 Å². The predicted octanol–water partition coefficient (Wildman–Crippen LogP) is 2.98. The van der Waals surface area contributed by atoms with E-state index < -0.39 is 6.10 Å². The summed E-state index contributed by atoms with van der Waals surface area (Å²) in [6, 6.07) is 4.27. The molecule has 1 aromatic heterocycles. The van der Waals surface area contributed by atoms with E-state index in [0.717, 1.165) is 24.1 Å². The molecule has 1 heterocycles. The average Bonchev–Trinajstić information content (AvgIpc) is 2.89. The van der Waals surface area contributed by atoms with Crippen molar-refractivity contribution in [1.82, 2.24) is 10.6 Å². The van der Waals surface area contributed by atoms with E-state index in [1.807, 2.05) is 12.1 Å². The lowest BCUT2D eigenvalue weighted by atomic mass is 9.96. The molecule has 0 saturated heterocycles. The lowest BCUT2D eigenvalue weighted by molar-refractivity contribution is 0.203. The first-order valence-electron chi connectivity index (χ1n) is 7.46. The van der Waals surface area contributed by atoms with Gasteiger partial charge in [0.05, 0.1) is 6.10 Å². The number of nitrogens with one attached hydrogen (secondary N) is 2. The first-order chi connectivity index (χ1) is 9.65. The Morgan fingerprint density at radius 1 is 1.40 bits per heavy atom. The van der Waals surface area contributed by atoms with E-state index in [0.29, 0.717) is 12.6 Å². The van der Waals surface area contributed by atoms with Crippen molar-refractivity contribution in [2.45, 2.75) is 57.6 Å². The SMILES string of the molecule is C[C@@H](O)c1ccc(CCNC(=O)NC2CCCCC2)s1. The maximum atomic E-state index is 11.8. The van der Waals surface area contributed by atoms with Crippen molar-refractivity contribution in [2.75, 3.05) is 6.54 Å². The summed E-state index contributed by atoms with van der Waals surface area (Å²) in [6.45, 7) is 2.41. The Bertz CT molecular complexity index is 425. The Labute approximate surface area is 124 Å². The maximum Gasteiger partial charge on any atom is 0.315 e. The molecule has 1 saturated carbocycles. The van der Waals surface area contributed by atoms with Crippen LogP contribution in [0.25, 0.3) is 0 Å². The largest absolute Gasteiger partial charge is 0.388 e. The smallest absolute Gasteiger partial charge is 0.315 e. The van der Waals surface area contributed by atoms with Crippen LogP contribution in [0.1, 0.15) is 54.9 Å². The van der Waals surface area contributed by atoms with Crippen molar-refractivity contribution in [3.63, 3.8) is 0 Å². The molecule has 1 aliphatic rings. The molecule has 1 aliphatic carbocycles. The van der Waals surface area contributed by atoms with Crippen molar-refractivity contribution in [2.24, 2.45) is 0 Å². The summed E-state index contributed by atoms with van der Waals surface area (Å²) in [7, 11) is 0. The molecule has 0 radical (unpaired) electrons. The highest BCUT2D eigenvalue weighted by Crippen LogP contribution is 2.23. The molecule has 0 spiro atoms. The van der Waals surface area contributed by atoms with Gasteiger partial charge < -0.3 is 15.7 Å². The minimum Gasteiger partial charge on any atom is -0.388 e. The molecule has 20 heavy (non-hydrogen) atoms. The molecule has 0 aliphatic heterocycles. The Kier molecular flexibility index (Phi) is 5.86. The number of rotatable bonds is 5. The maximum absolute atomic E-state index is 11.8. The highest BCUT2D eigenvalue weighted by Gasteiger charge is 2.15.